The van der Waals surface area contributed by atoms with Crippen molar-refractivity contribution in [1.82, 2.24) is 0 Å². The number of nitro benzene ring substituents is 1. The van der Waals surface area contributed by atoms with Crippen molar-refractivity contribution in [3.8, 4) is 0 Å². The summed E-state index contributed by atoms with van der Waals surface area (Å²) in [7, 11) is 0. The number of ether oxygens (including phenoxy) is 1. The number of carbonyl (C=O) groups excluding carboxylic acids is 1. The lowest BCUT2D eigenvalue weighted by molar-refractivity contribution is -0.384. The second kappa shape index (κ2) is 5.26. The Morgan fingerprint density at radius 3 is 2.27 bits per heavy atom. The summed E-state index contributed by atoms with van der Waals surface area (Å²) in [4.78, 5) is 22.5. The molecule has 2 atom stereocenters. The lowest BCUT2D eigenvalue weighted by Gasteiger charge is -2.47. The highest BCUT2D eigenvalue weighted by Crippen LogP contribution is 2.51. The summed E-state index contributed by atoms with van der Waals surface area (Å²) in [5.41, 5.74) is 1.00. The molecule has 1 saturated heterocycles. The van der Waals surface area contributed by atoms with Gasteiger partial charge in [-0.05, 0) is 29.7 Å². The summed E-state index contributed by atoms with van der Waals surface area (Å²) in [5, 5.41) is 10.7. The highest BCUT2D eigenvalue weighted by molar-refractivity contribution is 5.90. The maximum atomic E-state index is 12.2. The molecule has 0 N–H and O–H groups in total. The summed E-state index contributed by atoms with van der Waals surface area (Å²) in [6, 6.07) is 15.7. The van der Waals surface area contributed by atoms with Gasteiger partial charge in [0.15, 0.2) is 0 Å². The van der Waals surface area contributed by atoms with E-state index in [1.165, 1.54) is 12.1 Å². The molecule has 1 heterocycles. The third-order valence-corrected chi connectivity index (χ3v) is 4.29. The fourth-order valence-electron chi connectivity index (χ4n) is 3.02. The number of benzene rings is 2. The number of rotatable bonds is 4. The molecule has 0 bridgehead atoms. The van der Waals surface area contributed by atoms with E-state index in [0.717, 1.165) is 11.1 Å². The second-order valence-corrected chi connectivity index (χ2v) is 5.32. The van der Waals surface area contributed by atoms with Gasteiger partial charge in [-0.25, -0.2) is 0 Å². The van der Waals surface area contributed by atoms with Crippen molar-refractivity contribution in [2.75, 3.05) is 0 Å². The Hall–Kier alpha value is -2.69. The molecule has 0 unspecified atom stereocenters. The zero-order valence-electron chi connectivity index (χ0n) is 12.1. The first-order valence-electron chi connectivity index (χ1n) is 7.10. The first kappa shape index (κ1) is 14.3. The van der Waals surface area contributed by atoms with E-state index >= 15 is 0 Å². The van der Waals surface area contributed by atoms with E-state index in [1.807, 2.05) is 37.3 Å². The first-order chi connectivity index (χ1) is 10.6. The largest absolute Gasteiger partial charge is 0.455 e. The number of nitrogens with zero attached hydrogens (tertiary/aromatic N) is 1. The van der Waals surface area contributed by atoms with E-state index in [4.69, 9.17) is 4.74 Å². The Kier molecular flexibility index (Phi) is 3.41. The van der Waals surface area contributed by atoms with Crippen molar-refractivity contribution in [1.29, 1.82) is 0 Å². The zero-order chi connectivity index (χ0) is 15.7. The van der Waals surface area contributed by atoms with Crippen LogP contribution in [0.3, 0.4) is 0 Å². The van der Waals surface area contributed by atoms with Crippen LogP contribution in [-0.2, 0) is 14.9 Å². The fourth-order valence-corrected chi connectivity index (χ4v) is 3.02. The van der Waals surface area contributed by atoms with Crippen LogP contribution in [0.5, 0.6) is 0 Å². The summed E-state index contributed by atoms with van der Waals surface area (Å²) < 4.78 is 5.38. The molecule has 0 aliphatic carbocycles. The average molecular weight is 297 g/mol. The normalized spacial score (nSPS) is 23.5. The van der Waals surface area contributed by atoms with Crippen LogP contribution < -0.4 is 0 Å². The molecule has 0 spiro atoms. The topological polar surface area (TPSA) is 69.4 Å². The number of cyclic esters (lactones) is 1. The summed E-state index contributed by atoms with van der Waals surface area (Å²) in [5.74, 6) is -0.246. The first-order valence-corrected chi connectivity index (χ1v) is 7.10. The number of hydrogen-bond donors (Lipinski definition) is 0. The van der Waals surface area contributed by atoms with Gasteiger partial charge in [-0.1, -0.05) is 37.3 Å². The van der Waals surface area contributed by atoms with Gasteiger partial charge >= 0.3 is 5.97 Å². The molecule has 0 radical (unpaired) electrons. The molecule has 1 fully saturated rings. The van der Waals surface area contributed by atoms with Gasteiger partial charge in [0, 0.05) is 12.1 Å². The molecule has 112 valence electrons. The highest BCUT2D eigenvalue weighted by Gasteiger charge is 2.58. The van der Waals surface area contributed by atoms with Crippen molar-refractivity contribution in [3.63, 3.8) is 0 Å². The van der Waals surface area contributed by atoms with Crippen molar-refractivity contribution in [2.45, 2.75) is 24.9 Å². The van der Waals surface area contributed by atoms with Crippen molar-refractivity contribution in [3.05, 3.63) is 75.8 Å². The van der Waals surface area contributed by atoms with Crippen LogP contribution in [0.25, 0.3) is 0 Å². The number of nitro groups is 1. The lowest BCUT2D eigenvalue weighted by Crippen LogP contribution is -2.54. The monoisotopic (exact) mass is 297 g/mol. The Bertz CT molecular complexity index is 711. The highest BCUT2D eigenvalue weighted by atomic mass is 16.6. The maximum absolute atomic E-state index is 12.2. The molecule has 2 aromatic carbocycles. The molecule has 5 nitrogen and oxygen atoms in total. The zero-order valence-corrected chi connectivity index (χ0v) is 12.1. The van der Waals surface area contributed by atoms with Crippen LogP contribution in [-0.4, -0.2) is 10.9 Å². The van der Waals surface area contributed by atoms with Gasteiger partial charge in [0.25, 0.3) is 5.69 Å². The van der Waals surface area contributed by atoms with E-state index in [-0.39, 0.29) is 11.7 Å². The standard InChI is InChI=1S/C17H15NO4/c1-2-17(13-6-4-3-5-7-13)15(22-16(17)19)12-8-10-14(11-9-12)18(20)21/h3-11,15H,2H2,1H3/t15-,17+/m1/s1. The molecule has 5 heteroatoms. The molecule has 2 aromatic rings. The van der Waals surface area contributed by atoms with Gasteiger partial charge in [0.1, 0.15) is 11.5 Å². The summed E-state index contributed by atoms with van der Waals surface area (Å²) >= 11 is 0. The SMILES string of the molecule is CC[C@@]1(c2ccccc2)C(=O)O[C@@H]1c1ccc([N+](=O)[O-])cc1. The second-order valence-electron chi connectivity index (χ2n) is 5.32. The van der Waals surface area contributed by atoms with E-state index in [9.17, 15) is 14.9 Å². The van der Waals surface area contributed by atoms with E-state index in [0.29, 0.717) is 6.42 Å². The molecule has 22 heavy (non-hydrogen) atoms. The Labute approximate surface area is 127 Å². The quantitative estimate of drug-likeness (QED) is 0.491. The number of esters is 1. The fraction of sp³-hybridized carbons (Fsp3) is 0.235. The molecular weight excluding hydrogens is 282 g/mol. The lowest BCUT2D eigenvalue weighted by atomic mass is 9.67. The van der Waals surface area contributed by atoms with Crippen molar-refractivity contribution < 1.29 is 14.5 Å². The van der Waals surface area contributed by atoms with Gasteiger partial charge in [-0.2, -0.15) is 0 Å². The third kappa shape index (κ3) is 1.97. The van der Waals surface area contributed by atoms with Crippen LogP contribution in [0, 0.1) is 10.1 Å². The molecule has 3 rings (SSSR count). The average Bonchev–Trinajstić information content (AvgIpc) is 2.54. The summed E-state index contributed by atoms with van der Waals surface area (Å²) in [6.45, 7) is 1.95. The Morgan fingerprint density at radius 2 is 1.77 bits per heavy atom. The maximum Gasteiger partial charge on any atom is 0.321 e. The molecule has 1 aliphatic rings. The van der Waals surface area contributed by atoms with Crippen molar-refractivity contribution >= 4 is 11.7 Å². The number of non-ortho nitro benzene ring substituents is 1. The van der Waals surface area contributed by atoms with Crippen LogP contribution in [0.4, 0.5) is 5.69 Å². The van der Waals surface area contributed by atoms with Crippen LogP contribution >= 0.6 is 0 Å². The molecular formula is C17H15NO4. The Morgan fingerprint density at radius 1 is 1.14 bits per heavy atom. The van der Waals surface area contributed by atoms with Gasteiger partial charge in [0.05, 0.1) is 4.92 Å². The van der Waals surface area contributed by atoms with Gasteiger partial charge in [0.2, 0.25) is 0 Å². The van der Waals surface area contributed by atoms with Crippen molar-refractivity contribution in [2.24, 2.45) is 0 Å². The minimum Gasteiger partial charge on any atom is -0.455 e. The van der Waals surface area contributed by atoms with Gasteiger partial charge in [-0.3, -0.25) is 14.9 Å². The number of carbonyl (C=O) groups is 1. The third-order valence-electron chi connectivity index (χ3n) is 4.29. The minimum atomic E-state index is -0.711. The molecule has 1 aliphatic heterocycles. The van der Waals surface area contributed by atoms with E-state index in [1.54, 1.807) is 12.1 Å². The smallest absolute Gasteiger partial charge is 0.321 e. The van der Waals surface area contributed by atoms with Crippen LogP contribution in [0.1, 0.15) is 30.6 Å². The Balaban J connectivity index is 2.00. The van der Waals surface area contributed by atoms with Crippen LogP contribution in [0.15, 0.2) is 54.6 Å². The van der Waals surface area contributed by atoms with Crippen LogP contribution in [0.2, 0.25) is 0 Å². The minimum absolute atomic E-state index is 0.0243. The van der Waals surface area contributed by atoms with E-state index in [2.05, 4.69) is 0 Å². The molecule has 0 amide bonds. The van der Waals surface area contributed by atoms with Gasteiger partial charge in [-0.15, -0.1) is 0 Å². The summed E-state index contributed by atoms with van der Waals surface area (Å²) in [6.07, 6.45) is 0.200. The van der Waals surface area contributed by atoms with Gasteiger partial charge < -0.3 is 4.74 Å². The van der Waals surface area contributed by atoms with E-state index < -0.39 is 16.4 Å². The molecule has 0 aromatic heterocycles. The number of hydrogen-bond acceptors (Lipinski definition) is 4. The predicted molar refractivity (Wildman–Crippen MR) is 80.3 cm³/mol. The molecule has 0 saturated carbocycles. The predicted octanol–water partition coefficient (Wildman–Crippen LogP) is 3.54.